The summed E-state index contributed by atoms with van der Waals surface area (Å²) in [4.78, 5) is 12.5. The van der Waals surface area contributed by atoms with Crippen molar-refractivity contribution in [2.24, 2.45) is 0 Å². The van der Waals surface area contributed by atoms with Crippen LogP contribution < -0.4 is 24.3 Å². The van der Waals surface area contributed by atoms with Crippen LogP contribution in [0.2, 0.25) is 5.02 Å². The number of ether oxygens (including phenoxy) is 4. The van der Waals surface area contributed by atoms with E-state index in [9.17, 15) is 4.79 Å². The van der Waals surface area contributed by atoms with Gasteiger partial charge in [0.05, 0.1) is 24.8 Å². The third-order valence-electron chi connectivity index (χ3n) is 4.01. The van der Waals surface area contributed by atoms with Crippen LogP contribution in [0.3, 0.4) is 0 Å². The minimum Gasteiger partial charge on any atom is -0.497 e. The van der Waals surface area contributed by atoms with Crippen molar-refractivity contribution in [3.8, 4) is 23.0 Å². The number of carbonyl (C=O) groups excluding carboxylic acids is 1. The Bertz CT molecular complexity index is 809. The molecule has 0 unspecified atom stereocenters. The maximum atomic E-state index is 12.5. The van der Waals surface area contributed by atoms with Gasteiger partial charge in [-0.25, -0.2) is 0 Å². The van der Waals surface area contributed by atoms with Gasteiger partial charge in [0.15, 0.2) is 11.5 Å². The lowest BCUT2D eigenvalue weighted by Gasteiger charge is -2.20. The van der Waals surface area contributed by atoms with Crippen LogP contribution in [0.1, 0.15) is 15.9 Å². The molecule has 1 heterocycles. The zero-order valence-electron chi connectivity index (χ0n) is 14.6. The van der Waals surface area contributed by atoms with Gasteiger partial charge in [-0.05, 0) is 42.3 Å². The average molecular weight is 378 g/mol. The first kappa shape index (κ1) is 18.2. The van der Waals surface area contributed by atoms with E-state index in [2.05, 4.69) is 5.32 Å². The van der Waals surface area contributed by atoms with Gasteiger partial charge in [-0.3, -0.25) is 4.79 Å². The largest absolute Gasteiger partial charge is 0.497 e. The van der Waals surface area contributed by atoms with Gasteiger partial charge in [-0.1, -0.05) is 11.6 Å². The summed E-state index contributed by atoms with van der Waals surface area (Å²) in [7, 11) is 3.07. The number of benzene rings is 2. The molecule has 0 saturated carbocycles. The molecule has 1 aliphatic rings. The number of halogens is 1. The van der Waals surface area contributed by atoms with Crippen molar-refractivity contribution in [1.29, 1.82) is 0 Å². The summed E-state index contributed by atoms with van der Waals surface area (Å²) in [6.07, 6.45) is 0.606. The molecule has 0 fully saturated rings. The van der Waals surface area contributed by atoms with Crippen molar-refractivity contribution < 1.29 is 23.7 Å². The van der Waals surface area contributed by atoms with E-state index in [0.717, 1.165) is 5.56 Å². The standard InChI is InChI=1S/C19H20ClNO5/c1-23-13-3-4-16(24-2)14(11-13)19(22)21-6-5-12-9-15(20)18-17(10-12)25-7-8-26-18/h3-4,9-11H,5-8H2,1-2H3,(H,21,22). The molecular weight excluding hydrogens is 358 g/mol. The second kappa shape index (κ2) is 8.19. The summed E-state index contributed by atoms with van der Waals surface area (Å²) in [5, 5.41) is 3.40. The molecule has 7 heteroatoms. The molecule has 0 atom stereocenters. The van der Waals surface area contributed by atoms with Crippen LogP contribution in [0.4, 0.5) is 0 Å². The number of hydrogen-bond donors (Lipinski definition) is 1. The maximum absolute atomic E-state index is 12.5. The Hall–Kier alpha value is -2.60. The normalized spacial score (nSPS) is 12.4. The Kier molecular flexibility index (Phi) is 5.73. The van der Waals surface area contributed by atoms with Crippen LogP contribution >= 0.6 is 11.6 Å². The molecule has 26 heavy (non-hydrogen) atoms. The highest BCUT2D eigenvalue weighted by atomic mass is 35.5. The van der Waals surface area contributed by atoms with Crippen molar-refractivity contribution in [3.63, 3.8) is 0 Å². The molecule has 1 N–H and O–H groups in total. The number of hydrogen-bond acceptors (Lipinski definition) is 5. The van der Waals surface area contributed by atoms with Gasteiger partial charge in [0.2, 0.25) is 0 Å². The molecule has 0 aliphatic carbocycles. The smallest absolute Gasteiger partial charge is 0.255 e. The molecule has 138 valence electrons. The molecule has 0 radical (unpaired) electrons. The number of carbonyl (C=O) groups is 1. The van der Waals surface area contributed by atoms with Crippen LogP contribution in [0.25, 0.3) is 0 Å². The number of fused-ring (bicyclic) bond motifs is 1. The van der Waals surface area contributed by atoms with E-state index in [-0.39, 0.29) is 5.91 Å². The van der Waals surface area contributed by atoms with Gasteiger partial charge in [0.1, 0.15) is 24.7 Å². The molecule has 3 rings (SSSR count). The monoisotopic (exact) mass is 377 g/mol. The molecule has 0 spiro atoms. The third kappa shape index (κ3) is 3.96. The number of methoxy groups -OCH3 is 2. The van der Waals surface area contributed by atoms with Crippen LogP contribution in [0.15, 0.2) is 30.3 Å². The lowest BCUT2D eigenvalue weighted by atomic mass is 10.1. The van der Waals surface area contributed by atoms with E-state index < -0.39 is 0 Å². The first-order chi connectivity index (χ1) is 12.6. The summed E-state index contributed by atoms with van der Waals surface area (Å²) in [6, 6.07) is 8.81. The summed E-state index contributed by atoms with van der Waals surface area (Å²) >= 11 is 6.23. The van der Waals surface area contributed by atoms with Crippen molar-refractivity contribution in [2.75, 3.05) is 34.0 Å². The van der Waals surface area contributed by atoms with Gasteiger partial charge in [-0.2, -0.15) is 0 Å². The van der Waals surface area contributed by atoms with Gasteiger partial charge in [0, 0.05) is 6.54 Å². The van der Waals surface area contributed by atoms with Crippen LogP contribution in [0.5, 0.6) is 23.0 Å². The first-order valence-corrected chi connectivity index (χ1v) is 8.58. The van der Waals surface area contributed by atoms with Crippen molar-refractivity contribution in [3.05, 3.63) is 46.5 Å². The summed E-state index contributed by atoms with van der Waals surface area (Å²) in [5.74, 6) is 2.07. The molecule has 0 saturated heterocycles. The molecule has 2 aromatic rings. The van der Waals surface area contributed by atoms with E-state index in [1.807, 2.05) is 12.1 Å². The van der Waals surface area contributed by atoms with Crippen molar-refractivity contribution in [2.45, 2.75) is 6.42 Å². The minimum atomic E-state index is -0.232. The van der Waals surface area contributed by atoms with E-state index in [1.165, 1.54) is 7.11 Å². The Balaban J connectivity index is 1.65. The summed E-state index contributed by atoms with van der Waals surface area (Å²) in [5.41, 5.74) is 1.38. The molecule has 1 amide bonds. The Morgan fingerprint density at radius 3 is 2.73 bits per heavy atom. The molecule has 0 bridgehead atoms. The Labute approximate surface area is 157 Å². The number of nitrogens with one attached hydrogen (secondary N) is 1. The Morgan fingerprint density at radius 1 is 1.15 bits per heavy atom. The second-order valence-corrected chi connectivity index (χ2v) is 6.08. The van der Waals surface area contributed by atoms with Gasteiger partial charge < -0.3 is 24.3 Å². The van der Waals surface area contributed by atoms with E-state index >= 15 is 0 Å². The molecule has 1 aliphatic heterocycles. The van der Waals surface area contributed by atoms with Crippen molar-refractivity contribution in [1.82, 2.24) is 5.32 Å². The lowest BCUT2D eigenvalue weighted by molar-refractivity contribution is 0.0950. The Morgan fingerprint density at radius 2 is 1.96 bits per heavy atom. The number of rotatable bonds is 6. The maximum Gasteiger partial charge on any atom is 0.255 e. The van der Waals surface area contributed by atoms with Gasteiger partial charge in [0.25, 0.3) is 5.91 Å². The molecule has 0 aromatic heterocycles. The topological polar surface area (TPSA) is 66.0 Å². The van der Waals surface area contributed by atoms with Gasteiger partial charge >= 0.3 is 0 Å². The minimum absolute atomic E-state index is 0.232. The van der Waals surface area contributed by atoms with Crippen LogP contribution in [0, 0.1) is 0 Å². The first-order valence-electron chi connectivity index (χ1n) is 8.20. The third-order valence-corrected chi connectivity index (χ3v) is 4.29. The van der Waals surface area contributed by atoms with Crippen molar-refractivity contribution >= 4 is 17.5 Å². The highest BCUT2D eigenvalue weighted by Crippen LogP contribution is 2.38. The van der Waals surface area contributed by atoms with E-state index in [4.69, 9.17) is 30.5 Å². The fourth-order valence-electron chi connectivity index (χ4n) is 2.72. The SMILES string of the molecule is COc1ccc(OC)c(C(=O)NCCc2cc(Cl)c3c(c2)OCCO3)c1. The highest BCUT2D eigenvalue weighted by Gasteiger charge is 2.17. The van der Waals surface area contributed by atoms with E-state index in [0.29, 0.717) is 59.8 Å². The molecule has 2 aromatic carbocycles. The molecule has 6 nitrogen and oxygen atoms in total. The predicted octanol–water partition coefficient (Wildman–Crippen LogP) is 3.10. The lowest BCUT2D eigenvalue weighted by Crippen LogP contribution is -2.26. The summed E-state index contributed by atoms with van der Waals surface area (Å²) < 4.78 is 21.5. The predicted molar refractivity (Wildman–Crippen MR) is 98.0 cm³/mol. The highest BCUT2D eigenvalue weighted by molar-refractivity contribution is 6.32. The second-order valence-electron chi connectivity index (χ2n) is 5.67. The fraction of sp³-hybridized carbons (Fsp3) is 0.316. The summed E-state index contributed by atoms with van der Waals surface area (Å²) in [6.45, 7) is 1.43. The fourth-order valence-corrected chi connectivity index (χ4v) is 3.00. The zero-order chi connectivity index (χ0) is 18.5. The number of amides is 1. The quantitative estimate of drug-likeness (QED) is 0.838. The van der Waals surface area contributed by atoms with Crippen LogP contribution in [-0.2, 0) is 6.42 Å². The van der Waals surface area contributed by atoms with Crippen LogP contribution in [-0.4, -0.2) is 39.9 Å². The van der Waals surface area contributed by atoms with Gasteiger partial charge in [-0.15, -0.1) is 0 Å². The average Bonchev–Trinajstić information content (AvgIpc) is 2.67. The molecular formula is C19H20ClNO5. The zero-order valence-corrected chi connectivity index (χ0v) is 15.4. The van der Waals surface area contributed by atoms with E-state index in [1.54, 1.807) is 25.3 Å².